The van der Waals surface area contributed by atoms with E-state index in [-0.39, 0.29) is 5.91 Å². The van der Waals surface area contributed by atoms with Crippen LogP contribution in [0.3, 0.4) is 0 Å². The number of pyridine rings is 2. The minimum absolute atomic E-state index is 0.108. The minimum Gasteiger partial charge on any atom is -0.348 e. The van der Waals surface area contributed by atoms with Gasteiger partial charge in [-0.05, 0) is 43.2 Å². The number of amides is 1. The van der Waals surface area contributed by atoms with E-state index in [1.54, 1.807) is 24.7 Å². The molecule has 3 heterocycles. The zero-order valence-electron chi connectivity index (χ0n) is 16.8. The van der Waals surface area contributed by atoms with E-state index >= 15 is 0 Å². The second-order valence-electron chi connectivity index (χ2n) is 6.96. The standard InChI is InChI=1S/C24H21N5O/c1-16-13-25-12-10-20(16)24(30)28-14-18-6-8-19(9-7-18)23-21(15-27-17(2)29-23)22-5-3-4-11-26-22/h3-13,15H,14H2,1-2H3,(H,28,30). The lowest BCUT2D eigenvalue weighted by Gasteiger charge is -2.11. The number of hydrogen-bond donors (Lipinski definition) is 1. The summed E-state index contributed by atoms with van der Waals surface area (Å²) < 4.78 is 0. The maximum Gasteiger partial charge on any atom is 0.251 e. The summed E-state index contributed by atoms with van der Waals surface area (Å²) in [5, 5.41) is 2.96. The van der Waals surface area contributed by atoms with Gasteiger partial charge in [-0.25, -0.2) is 9.97 Å². The number of aryl methyl sites for hydroxylation is 2. The number of carbonyl (C=O) groups excluding carboxylic acids is 1. The van der Waals surface area contributed by atoms with E-state index in [2.05, 4.69) is 25.3 Å². The van der Waals surface area contributed by atoms with Crippen LogP contribution in [-0.4, -0.2) is 25.8 Å². The zero-order valence-corrected chi connectivity index (χ0v) is 16.8. The summed E-state index contributed by atoms with van der Waals surface area (Å²) in [5.41, 5.74) is 6.02. The molecule has 0 spiro atoms. The van der Waals surface area contributed by atoms with Crippen LogP contribution < -0.4 is 5.32 Å². The lowest BCUT2D eigenvalue weighted by Crippen LogP contribution is -2.23. The van der Waals surface area contributed by atoms with Crippen molar-refractivity contribution in [3.8, 4) is 22.5 Å². The summed E-state index contributed by atoms with van der Waals surface area (Å²) in [6.45, 7) is 4.19. The molecule has 0 aliphatic heterocycles. The van der Waals surface area contributed by atoms with Gasteiger partial charge >= 0.3 is 0 Å². The smallest absolute Gasteiger partial charge is 0.251 e. The number of nitrogens with one attached hydrogen (secondary N) is 1. The molecule has 3 aromatic heterocycles. The normalized spacial score (nSPS) is 10.6. The molecule has 0 radical (unpaired) electrons. The molecule has 4 rings (SSSR count). The lowest BCUT2D eigenvalue weighted by molar-refractivity contribution is 0.0950. The van der Waals surface area contributed by atoms with E-state index in [0.29, 0.717) is 17.9 Å². The van der Waals surface area contributed by atoms with Gasteiger partial charge in [-0.3, -0.25) is 14.8 Å². The molecule has 6 nitrogen and oxygen atoms in total. The largest absolute Gasteiger partial charge is 0.348 e. The van der Waals surface area contributed by atoms with Gasteiger partial charge in [-0.1, -0.05) is 30.3 Å². The van der Waals surface area contributed by atoms with Crippen LogP contribution in [0.1, 0.15) is 27.3 Å². The highest BCUT2D eigenvalue weighted by atomic mass is 16.1. The highest BCUT2D eigenvalue weighted by Crippen LogP contribution is 2.28. The van der Waals surface area contributed by atoms with Crippen LogP contribution in [0.15, 0.2) is 73.3 Å². The number of benzene rings is 1. The summed E-state index contributed by atoms with van der Waals surface area (Å²) in [4.78, 5) is 29.9. The molecule has 0 saturated carbocycles. The lowest BCUT2D eigenvalue weighted by atomic mass is 10.0. The number of nitrogens with zero attached hydrogens (tertiary/aromatic N) is 4. The van der Waals surface area contributed by atoms with Crippen LogP contribution in [-0.2, 0) is 6.54 Å². The Hall–Kier alpha value is -3.93. The van der Waals surface area contributed by atoms with Crippen molar-refractivity contribution in [2.24, 2.45) is 0 Å². The highest BCUT2D eigenvalue weighted by molar-refractivity contribution is 5.95. The SMILES string of the molecule is Cc1ncc(-c2ccccn2)c(-c2ccc(CNC(=O)c3ccncc3C)cc2)n1. The zero-order chi connectivity index (χ0) is 20.9. The third-order valence-electron chi connectivity index (χ3n) is 4.80. The number of aromatic nitrogens is 4. The van der Waals surface area contributed by atoms with E-state index in [4.69, 9.17) is 0 Å². The van der Waals surface area contributed by atoms with Crippen LogP contribution in [0.4, 0.5) is 0 Å². The third kappa shape index (κ3) is 4.22. The number of hydrogen-bond acceptors (Lipinski definition) is 5. The van der Waals surface area contributed by atoms with Crippen LogP contribution in [0.5, 0.6) is 0 Å². The fraction of sp³-hybridized carbons (Fsp3) is 0.125. The molecular formula is C24H21N5O. The van der Waals surface area contributed by atoms with Crippen molar-refractivity contribution in [1.29, 1.82) is 0 Å². The Morgan fingerprint density at radius 2 is 1.77 bits per heavy atom. The van der Waals surface area contributed by atoms with Crippen molar-refractivity contribution in [2.45, 2.75) is 20.4 Å². The molecule has 1 aromatic carbocycles. The van der Waals surface area contributed by atoms with E-state index in [1.807, 2.05) is 62.5 Å². The molecule has 0 aliphatic rings. The molecule has 0 bridgehead atoms. The van der Waals surface area contributed by atoms with Crippen LogP contribution in [0, 0.1) is 13.8 Å². The van der Waals surface area contributed by atoms with Crippen LogP contribution in [0.25, 0.3) is 22.5 Å². The number of carbonyl (C=O) groups is 1. The Morgan fingerprint density at radius 3 is 2.50 bits per heavy atom. The van der Waals surface area contributed by atoms with Crippen molar-refractivity contribution >= 4 is 5.91 Å². The molecule has 1 N–H and O–H groups in total. The van der Waals surface area contributed by atoms with E-state index in [0.717, 1.165) is 33.6 Å². The summed E-state index contributed by atoms with van der Waals surface area (Å²) >= 11 is 0. The molecule has 0 saturated heterocycles. The molecule has 0 unspecified atom stereocenters. The van der Waals surface area contributed by atoms with Crippen molar-refractivity contribution in [3.63, 3.8) is 0 Å². The first kappa shape index (κ1) is 19.4. The highest BCUT2D eigenvalue weighted by Gasteiger charge is 2.12. The molecule has 30 heavy (non-hydrogen) atoms. The predicted molar refractivity (Wildman–Crippen MR) is 116 cm³/mol. The van der Waals surface area contributed by atoms with E-state index in [9.17, 15) is 4.79 Å². The van der Waals surface area contributed by atoms with Crippen molar-refractivity contribution in [3.05, 3.63) is 95.8 Å². The summed E-state index contributed by atoms with van der Waals surface area (Å²) in [6, 6.07) is 15.5. The third-order valence-corrected chi connectivity index (χ3v) is 4.80. The molecule has 0 aliphatic carbocycles. The van der Waals surface area contributed by atoms with Crippen molar-refractivity contribution < 1.29 is 4.79 Å². The molecule has 148 valence electrons. The van der Waals surface area contributed by atoms with E-state index in [1.165, 1.54) is 0 Å². The topological polar surface area (TPSA) is 80.7 Å². The monoisotopic (exact) mass is 395 g/mol. The second kappa shape index (κ2) is 8.61. The van der Waals surface area contributed by atoms with Gasteiger partial charge in [0.15, 0.2) is 0 Å². The molecule has 6 heteroatoms. The van der Waals surface area contributed by atoms with Gasteiger partial charge in [0.1, 0.15) is 5.82 Å². The Balaban J connectivity index is 1.54. The number of rotatable bonds is 5. The average molecular weight is 395 g/mol. The Kier molecular flexibility index (Phi) is 5.57. The first-order valence-corrected chi connectivity index (χ1v) is 9.65. The summed E-state index contributed by atoms with van der Waals surface area (Å²) in [7, 11) is 0. The Morgan fingerprint density at radius 1 is 0.933 bits per heavy atom. The van der Waals surface area contributed by atoms with Gasteiger partial charge in [0.25, 0.3) is 5.91 Å². The Bertz CT molecular complexity index is 1170. The van der Waals surface area contributed by atoms with Crippen LogP contribution in [0.2, 0.25) is 0 Å². The summed E-state index contributed by atoms with van der Waals surface area (Å²) in [6.07, 6.45) is 6.88. The minimum atomic E-state index is -0.108. The Labute approximate surface area is 175 Å². The van der Waals surface area contributed by atoms with Gasteiger partial charge in [-0.15, -0.1) is 0 Å². The van der Waals surface area contributed by atoms with Crippen molar-refractivity contribution in [1.82, 2.24) is 25.3 Å². The van der Waals surface area contributed by atoms with Crippen LogP contribution >= 0.6 is 0 Å². The fourth-order valence-corrected chi connectivity index (χ4v) is 3.19. The molecular weight excluding hydrogens is 374 g/mol. The van der Waals surface area contributed by atoms with Crippen molar-refractivity contribution in [2.75, 3.05) is 0 Å². The average Bonchev–Trinajstić information content (AvgIpc) is 2.79. The quantitative estimate of drug-likeness (QED) is 0.549. The predicted octanol–water partition coefficient (Wildman–Crippen LogP) is 4.15. The fourth-order valence-electron chi connectivity index (χ4n) is 3.19. The second-order valence-corrected chi connectivity index (χ2v) is 6.96. The van der Waals surface area contributed by atoms with E-state index < -0.39 is 0 Å². The molecule has 0 fully saturated rings. The first-order valence-electron chi connectivity index (χ1n) is 9.65. The van der Waals surface area contributed by atoms with Gasteiger partial charge in [-0.2, -0.15) is 0 Å². The van der Waals surface area contributed by atoms with Gasteiger partial charge in [0.2, 0.25) is 0 Å². The maximum atomic E-state index is 12.4. The van der Waals surface area contributed by atoms with Gasteiger partial charge in [0, 0.05) is 48.0 Å². The molecule has 4 aromatic rings. The first-order chi connectivity index (χ1) is 14.6. The molecule has 0 atom stereocenters. The molecule has 1 amide bonds. The van der Waals surface area contributed by atoms with Gasteiger partial charge < -0.3 is 5.32 Å². The van der Waals surface area contributed by atoms with Gasteiger partial charge in [0.05, 0.1) is 11.4 Å². The maximum absolute atomic E-state index is 12.4. The summed E-state index contributed by atoms with van der Waals surface area (Å²) in [5.74, 6) is 0.594.